The van der Waals surface area contributed by atoms with Crippen molar-refractivity contribution < 1.29 is 13.7 Å². The van der Waals surface area contributed by atoms with Crippen LogP contribution < -0.4 is 11.1 Å². The Labute approximate surface area is 141 Å². The highest BCUT2D eigenvalue weighted by molar-refractivity contribution is 6.55. The summed E-state index contributed by atoms with van der Waals surface area (Å²) in [7, 11) is 1.46. The van der Waals surface area contributed by atoms with Crippen molar-refractivity contribution in [1.29, 1.82) is 0 Å². The van der Waals surface area contributed by atoms with Gasteiger partial charge in [0.15, 0.2) is 5.58 Å². The molecular formula is C17H23BN2O4. The van der Waals surface area contributed by atoms with Gasteiger partial charge in [-0.25, -0.2) is 4.79 Å². The molecule has 0 amide bonds. The third-order valence-electron chi connectivity index (χ3n) is 4.73. The summed E-state index contributed by atoms with van der Waals surface area (Å²) in [6, 6.07) is 5.58. The molecule has 2 aromatic rings. The van der Waals surface area contributed by atoms with Gasteiger partial charge in [-0.05, 0) is 57.9 Å². The SMILES string of the molecule is CNCC(=Cc1ccc2[nH]c(=O)oc2c1)B1OC(C)(C)C(C)(C)O1. The molecule has 1 aliphatic heterocycles. The van der Waals surface area contributed by atoms with Crippen LogP contribution in [-0.2, 0) is 9.31 Å². The van der Waals surface area contributed by atoms with Crippen molar-refractivity contribution in [2.45, 2.75) is 38.9 Å². The molecule has 1 aromatic heterocycles. The first kappa shape index (κ1) is 17.0. The van der Waals surface area contributed by atoms with E-state index in [1.54, 1.807) is 0 Å². The van der Waals surface area contributed by atoms with Gasteiger partial charge in [-0.1, -0.05) is 12.1 Å². The lowest BCUT2D eigenvalue weighted by molar-refractivity contribution is 0.00578. The predicted molar refractivity (Wildman–Crippen MR) is 94.8 cm³/mol. The molecule has 2 N–H and O–H groups in total. The Bertz CT molecular complexity index is 818. The summed E-state index contributed by atoms with van der Waals surface area (Å²) in [5.74, 6) is -0.451. The fourth-order valence-corrected chi connectivity index (χ4v) is 2.67. The zero-order valence-corrected chi connectivity index (χ0v) is 14.7. The van der Waals surface area contributed by atoms with Gasteiger partial charge in [-0.15, -0.1) is 0 Å². The van der Waals surface area contributed by atoms with E-state index < -0.39 is 12.9 Å². The second-order valence-electron chi connectivity index (χ2n) is 7.11. The van der Waals surface area contributed by atoms with Gasteiger partial charge in [0.05, 0.1) is 16.7 Å². The Hall–Kier alpha value is -1.83. The van der Waals surface area contributed by atoms with E-state index in [9.17, 15) is 4.79 Å². The molecule has 1 fully saturated rings. The maximum Gasteiger partial charge on any atom is 0.491 e. The molecule has 1 aliphatic rings. The van der Waals surface area contributed by atoms with Gasteiger partial charge in [0.25, 0.3) is 0 Å². The van der Waals surface area contributed by atoms with Gasteiger partial charge in [0.2, 0.25) is 0 Å². The molecule has 6 nitrogen and oxygen atoms in total. The van der Waals surface area contributed by atoms with Crippen LogP contribution in [0.4, 0.5) is 0 Å². The zero-order chi connectivity index (χ0) is 17.5. The van der Waals surface area contributed by atoms with Crippen LogP contribution in [0.3, 0.4) is 0 Å². The molecular weight excluding hydrogens is 307 g/mol. The highest BCUT2D eigenvalue weighted by Gasteiger charge is 2.52. The molecule has 128 valence electrons. The molecule has 0 bridgehead atoms. The van der Waals surface area contributed by atoms with Crippen molar-refractivity contribution in [2.24, 2.45) is 0 Å². The molecule has 0 unspecified atom stereocenters. The summed E-state index contributed by atoms with van der Waals surface area (Å²) in [5, 5.41) is 3.15. The Balaban J connectivity index is 1.94. The fourth-order valence-electron chi connectivity index (χ4n) is 2.67. The number of benzene rings is 1. The number of fused-ring (bicyclic) bond motifs is 1. The first-order valence-electron chi connectivity index (χ1n) is 8.05. The van der Waals surface area contributed by atoms with Gasteiger partial charge in [0.1, 0.15) is 0 Å². The minimum absolute atomic E-state index is 0.387. The fraction of sp³-hybridized carbons (Fsp3) is 0.471. The summed E-state index contributed by atoms with van der Waals surface area (Å²) >= 11 is 0. The zero-order valence-electron chi connectivity index (χ0n) is 14.7. The molecule has 0 aliphatic carbocycles. The van der Waals surface area contributed by atoms with E-state index in [1.165, 1.54) is 0 Å². The van der Waals surface area contributed by atoms with Crippen LogP contribution in [0.1, 0.15) is 33.3 Å². The smallest absolute Gasteiger partial charge is 0.408 e. The quantitative estimate of drug-likeness (QED) is 0.842. The van der Waals surface area contributed by atoms with E-state index in [4.69, 9.17) is 13.7 Å². The first-order valence-corrected chi connectivity index (χ1v) is 8.05. The van der Waals surface area contributed by atoms with Gasteiger partial charge in [-0.3, -0.25) is 4.98 Å². The average molecular weight is 330 g/mol. The van der Waals surface area contributed by atoms with Crippen LogP contribution in [0.2, 0.25) is 0 Å². The summed E-state index contributed by atoms with van der Waals surface area (Å²) in [6.07, 6.45) is 2.01. The number of aromatic amines is 1. The van der Waals surface area contributed by atoms with E-state index in [2.05, 4.69) is 10.3 Å². The first-order chi connectivity index (χ1) is 11.2. The van der Waals surface area contributed by atoms with E-state index in [-0.39, 0.29) is 11.2 Å². The number of hydrogen-bond donors (Lipinski definition) is 2. The average Bonchev–Trinajstić information content (AvgIpc) is 2.94. The van der Waals surface area contributed by atoms with Crippen LogP contribution >= 0.6 is 0 Å². The topological polar surface area (TPSA) is 76.5 Å². The number of likely N-dealkylation sites (N-methyl/N-ethyl adjacent to an activating group) is 1. The van der Waals surface area contributed by atoms with E-state index in [1.807, 2.05) is 59.0 Å². The third-order valence-corrected chi connectivity index (χ3v) is 4.73. The molecule has 1 aromatic carbocycles. The van der Waals surface area contributed by atoms with Gasteiger partial charge in [-0.2, -0.15) is 0 Å². The Morgan fingerprint density at radius 2 is 1.92 bits per heavy atom. The summed E-state index contributed by atoms with van der Waals surface area (Å²) in [5.41, 5.74) is 2.34. The number of oxazole rings is 1. The Kier molecular flexibility index (Phi) is 4.19. The van der Waals surface area contributed by atoms with Crippen molar-refractivity contribution >= 4 is 24.3 Å². The Morgan fingerprint density at radius 3 is 2.54 bits per heavy atom. The maximum absolute atomic E-state index is 11.3. The number of rotatable bonds is 4. The van der Waals surface area contributed by atoms with Crippen LogP contribution in [0.25, 0.3) is 17.2 Å². The van der Waals surface area contributed by atoms with E-state index in [0.717, 1.165) is 11.0 Å². The van der Waals surface area contributed by atoms with Crippen LogP contribution in [0, 0.1) is 0 Å². The molecule has 7 heteroatoms. The molecule has 0 atom stereocenters. The molecule has 0 radical (unpaired) electrons. The third kappa shape index (κ3) is 3.07. The van der Waals surface area contributed by atoms with E-state index >= 15 is 0 Å². The molecule has 3 rings (SSSR count). The van der Waals surface area contributed by atoms with E-state index in [0.29, 0.717) is 17.6 Å². The van der Waals surface area contributed by atoms with Crippen molar-refractivity contribution in [3.63, 3.8) is 0 Å². The number of hydrogen-bond acceptors (Lipinski definition) is 5. The van der Waals surface area contributed by atoms with Crippen LogP contribution in [0.15, 0.2) is 32.9 Å². The molecule has 0 spiro atoms. The lowest BCUT2D eigenvalue weighted by Gasteiger charge is -2.32. The monoisotopic (exact) mass is 330 g/mol. The normalized spacial score (nSPS) is 20.0. The molecule has 0 saturated carbocycles. The number of aromatic nitrogens is 1. The second kappa shape index (κ2) is 5.91. The minimum Gasteiger partial charge on any atom is -0.408 e. The summed E-state index contributed by atoms with van der Waals surface area (Å²) in [6.45, 7) is 8.76. The molecule has 2 heterocycles. The lowest BCUT2D eigenvalue weighted by Crippen LogP contribution is -2.41. The second-order valence-corrected chi connectivity index (χ2v) is 7.11. The van der Waals surface area contributed by atoms with Gasteiger partial charge in [0, 0.05) is 6.54 Å². The van der Waals surface area contributed by atoms with Crippen molar-refractivity contribution in [3.05, 3.63) is 39.8 Å². The van der Waals surface area contributed by atoms with Crippen molar-refractivity contribution in [1.82, 2.24) is 10.3 Å². The van der Waals surface area contributed by atoms with Crippen molar-refractivity contribution in [2.75, 3.05) is 13.6 Å². The minimum atomic E-state index is -0.451. The Morgan fingerprint density at radius 1 is 1.25 bits per heavy atom. The highest BCUT2D eigenvalue weighted by Crippen LogP contribution is 2.38. The maximum atomic E-state index is 11.3. The molecule has 1 saturated heterocycles. The summed E-state index contributed by atoms with van der Waals surface area (Å²) < 4.78 is 17.4. The number of H-pyrrole nitrogens is 1. The van der Waals surface area contributed by atoms with Crippen LogP contribution in [0.5, 0.6) is 0 Å². The molecule has 24 heavy (non-hydrogen) atoms. The standard InChI is InChI=1S/C17H23BN2O4/c1-16(2)17(3,4)24-18(23-16)12(10-19-5)8-11-6-7-13-14(9-11)22-15(21)20-13/h6-9,19H,10H2,1-5H3,(H,20,21). The van der Waals surface area contributed by atoms with Crippen LogP contribution in [-0.4, -0.2) is 36.9 Å². The predicted octanol–water partition coefficient (Wildman–Crippen LogP) is 2.36. The lowest BCUT2D eigenvalue weighted by atomic mass is 9.77. The summed E-state index contributed by atoms with van der Waals surface area (Å²) in [4.78, 5) is 13.9. The van der Waals surface area contributed by atoms with Gasteiger partial charge >= 0.3 is 12.9 Å². The highest BCUT2D eigenvalue weighted by atomic mass is 16.7. The largest absolute Gasteiger partial charge is 0.491 e. The van der Waals surface area contributed by atoms with Gasteiger partial charge < -0.3 is 19.0 Å². The van der Waals surface area contributed by atoms with Crippen molar-refractivity contribution in [3.8, 4) is 0 Å². The number of nitrogens with one attached hydrogen (secondary N) is 2.